The number of aromatic nitrogens is 5. The van der Waals surface area contributed by atoms with Crippen LogP contribution in [0.2, 0.25) is 0 Å². The number of carbonyl (C=O) groups excluding carboxylic acids is 1. The number of hydrogen-bond donors (Lipinski definition) is 2. The van der Waals surface area contributed by atoms with E-state index in [9.17, 15) is 18.0 Å². The van der Waals surface area contributed by atoms with E-state index in [2.05, 4.69) is 30.7 Å². The number of nitrogens with one attached hydrogen (secondary N) is 2. The lowest BCUT2D eigenvalue weighted by atomic mass is 10.1. The average molecular weight is 503 g/mol. The van der Waals surface area contributed by atoms with Crippen molar-refractivity contribution < 1.29 is 18.0 Å². The minimum atomic E-state index is -4.45. The van der Waals surface area contributed by atoms with Crippen molar-refractivity contribution in [3.8, 4) is 11.4 Å². The highest BCUT2D eigenvalue weighted by molar-refractivity contribution is 6.05. The van der Waals surface area contributed by atoms with Crippen molar-refractivity contribution in [3.63, 3.8) is 0 Å². The number of halogens is 3. The normalized spacial score (nSPS) is 11.5. The molecule has 0 unspecified atom stereocenters. The van der Waals surface area contributed by atoms with Gasteiger partial charge in [0.15, 0.2) is 11.5 Å². The van der Waals surface area contributed by atoms with Crippen molar-refractivity contribution in [3.05, 3.63) is 89.9 Å². The molecule has 0 bridgehead atoms. The van der Waals surface area contributed by atoms with Crippen LogP contribution in [0.25, 0.3) is 22.4 Å². The van der Waals surface area contributed by atoms with Crippen LogP contribution in [0.5, 0.6) is 0 Å². The van der Waals surface area contributed by atoms with Crippen LogP contribution in [0.4, 0.5) is 30.4 Å². The molecule has 0 aliphatic rings. The summed E-state index contributed by atoms with van der Waals surface area (Å²) in [5.74, 6) is 0.494. The van der Waals surface area contributed by atoms with Gasteiger partial charge in [0.05, 0.1) is 17.1 Å². The number of fused-ring (bicyclic) bond motifs is 1. The van der Waals surface area contributed by atoms with Crippen molar-refractivity contribution in [2.45, 2.75) is 13.1 Å². The lowest BCUT2D eigenvalue weighted by Gasteiger charge is -2.13. The molecule has 0 fully saturated rings. The fourth-order valence-electron chi connectivity index (χ4n) is 3.71. The Morgan fingerprint density at radius 1 is 1.00 bits per heavy atom. The third kappa shape index (κ3) is 4.96. The van der Waals surface area contributed by atoms with Crippen molar-refractivity contribution in [1.29, 1.82) is 0 Å². The first kappa shape index (κ1) is 23.9. The van der Waals surface area contributed by atoms with Gasteiger partial charge in [0.1, 0.15) is 5.82 Å². The molecule has 3 aromatic heterocycles. The number of aryl methyl sites for hydroxylation is 2. The average Bonchev–Trinajstić information content (AvgIpc) is 3.26. The molecule has 0 radical (unpaired) electrons. The molecule has 37 heavy (non-hydrogen) atoms. The highest BCUT2D eigenvalue weighted by Gasteiger charge is 2.30. The summed E-state index contributed by atoms with van der Waals surface area (Å²) in [6.07, 6.45) is 0.535. The van der Waals surface area contributed by atoms with Gasteiger partial charge in [-0.25, -0.2) is 9.97 Å². The fraction of sp³-hybridized carbons (Fsp3) is 0.115. The van der Waals surface area contributed by atoms with Crippen LogP contribution in [0, 0.1) is 6.92 Å². The summed E-state index contributed by atoms with van der Waals surface area (Å²) < 4.78 is 40.1. The van der Waals surface area contributed by atoms with Crippen LogP contribution >= 0.6 is 0 Å². The smallest absolute Gasteiger partial charge is 0.339 e. The van der Waals surface area contributed by atoms with Crippen molar-refractivity contribution in [1.82, 2.24) is 24.7 Å². The molecule has 5 rings (SSSR count). The summed E-state index contributed by atoms with van der Waals surface area (Å²) in [4.78, 5) is 26.3. The van der Waals surface area contributed by atoms with Crippen LogP contribution in [-0.4, -0.2) is 30.6 Å². The predicted octanol–water partition coefficient (Wildman–Crippen LogP) is 5.75. The Morgan fingerprint density at radius 2 is 1.78 bits per heavy atom. The molecular formula is C26H20F3N7O. The zero-order valence-corrected chi connectivity index (χ0v) is 19.7. The lowest BCUT2D eigenvalue weighted by Crippen LogP contribution is -2.13. The second-order valence-corrected chi connectivity index (χ2v) is 8.33. The topological polar surface area (TPSA) is 97.6 Å². The standard InChI is InChI=1S/C26H20F3N7O/c1-15-5-6-16(25(37)32-19-9-7-18(8-10-19)26(27,28)29)12-21(15)33-23-20-14-31-36(2)24(20)35-22(34-23)17-4-3-11-30-13-17/h3-14H,1-2H3,(H,32,37)(H,33,34,35). The number of amides is 1. The summed E-state index contributed by atoms with van der Waals surface area (Å²) in [6, 6.07) is 13.0. The highest BCUT2D eigenvalue weighted by atomic mass is 19.4. The largest absolute Gasteiger partial charge is 0.416 e. The van der Waals surface area contributed by atoms with Gasteiger partial charge in [0.25, 0.3) is 5.91 Å². The second kappa shape index (κ2) is 9.34. The Labute approximate surface area is 209 Å². The van der Waals surface area contributed by atoms with Crippen LogP contribution in [0.15, 0.2) is 73.2 Å². The number of nitrogens with zero attached hydrogens (tertiary/aromatic N) is 5. The molecular weight excluding hydrogens is 483 g/mol. The summed E-state index contributed by atoms with van der Waals surface area (Å²) in [7, 11) is 1.78. The van der Waals surface area contributed by atoms with Gasteiger partial charge in [-0.3, -0.25) is 14.5 Å². The van der Waals surface area contributed by atoms with Gasteiger partial charge in [-0.15, -0.1) is 0 Å². The van der Waals surface area contributed by atoms with Crippen LogP contribution in [0.3, 0.4) is 0 Å². The van der Waals surface area contributed by atoms with E-state index in [0.29, 0.717) is 33.9 Å². The minimum Gasteiger partial charge on any atom is -0.339 e. The molecule has 2 aromatic carbocycles. The van der Waals surface area contributed by atoms with Crippen LogP contribution in [-0.2, 0) is 13.2 Å². The number of hydrogen-bond acceptors (Lipinski definition) is 6. The van der Waals surface area contributed by atoms with E-state index < -0.39 is 17.6 Å². The van der Waals surface area contributed by atoms with Gasteiger partial charge in [-0.2, -0.15) is 18.3 Å². The third-order valence-corrected chi connectivity index (χ3v) is 5.73. The van der Waals surface area contributed by atoms with Crippen LogP contribution < -0.4 is 10.6 Å². The maximum Gasteiger partial charge on any atom is 0.416 e. The van der Waals surface area contributed by atoms with Crippen molar-refractivity contribution in [2.75, 3.05) is 10.6 Å². The maximum atomic E-state index is 12.9. The molecule has 3 heterocycles. The van der Waals surface area contributed by atoms with Gasteiger partial charge >= 0.3 is 6.18 Å². The molecule has 8 nitrogen and oxygen atoms in total. The highest BCUT2D eigenvalue weighted by Crippen LogP contribution is 2.31. The zero-order valence-electron chi connectivity index (χ0n) is 19.7. The molecule has 11 heteroatoms. The molecule has 186 valence electrons. The SMILES string of the molecule is Cc1ccc(C(=O)Nc2ccc(C(F)(F)F)cc2)cc1Nc1nc(-c2cccnc2)nc2c1cnn2C. The Balaban J connectivity index is 1.45. The number of alkyl halides is 3. The Kier molecular flexibility index (Phi) is 6.04. The minimum absolute atomic E-state index is 0.252. The van der Waals surface area contributed by atoms with E-state index in [-0.39, 0.29) is 5.69 Å². The van der Waals surface area contributed by atoms with Crippen molar-refractivity contribution >= 4 is 34.1 Å². The number of pyridine rings is 1. The van der Waals surface area contributed by atoms with E-state index >= 15 is 0 Å². The lowest BCUT2D eigenvalue weighted by molar-refractivity contribution is -0.137. The first-order chi connectivity index (χ1) is 17.7. The third-order valence-electron chi connectivity index (χ3n) is 5.73. The number of anilines is 3. The van der Waals surface area contributed by atoms with E-state index in [4.69, 9.17) is 0 Å². The number of rotatable bonds is 5. The molecule has 1 amide bonds. The second-order valence-electron chi connectivity index (χ2n) is 8.33. The molecule has 0 saturated heterocycles. The molecule has 0 aliphatic carbocycles. The molecule has 0 atom stereocenters. The Bertz CT molecular complexity index is 1600. The molecule has 0 aliphatic heterocycles. The van der Waals surface area contributed by atoms with Gasteiger partial charge in [0, 0.05) is 41.9 Å². The predicted molar refractivity (Wildman–Crippen MR) is 133 cm³/mol. The Hall–Kier alpha value is -4.80. The van der Waals surface area contributed by atoms with E-state index in [1.165, 1.54) is 12.1 Å². The monoisotopic (exact) mass is 503 g/mol. The zero-order chi connectivity index (χ0) is 26.2. The quantitative estimate of drug-likeness (QED) is 0.317. The van der Waals surface area contributed by atoms with E-state index in [1.807, 2.05) is 13.0 Å². The summed E-state index contributed by atoms with van der Waals surface area (Å²) >= 11 is 0. The van der Waals surface area contributed by atoms with E-state index in [0.717, 1.165) is 23.3 Å². The summed E-state index contributed by atoms with van der Waals surface area (Å²) in [5.41, 5.74) is 2.61. The molecule has 5 aromatic rings. The fourth-order valence-corrected chi connectivity index (χ4v) is 3.71. The van der Waals surface area contributed by atoms with Gasteiger partial charge < -0.3 is 10.6 Å². The molecule has 0 saturated carbocycles. The van der Waals surface area contributed by atoms with Gasteiger partial charge in [0.2, 0.25) is 0 Å². The Morgan fingerprint density at radius 3 is 2.49 bits per heavy atom. The first-order valence-electron chi connectivity index (χ1n) is 11.2. The summed E-state index contributed by atoms with van der Waals surface area (Å²) in [6.45, 7) is 1.88. The van der Waals surface area contributed by atoms with E-state index in [1.54, 1.807) is 54.6 Å². The molecule has 0 spiro atoms. The van der Waals surface area contributed by atoms with Gasteiger partial charge in [-0.05, 0) is 61.0 Å². The van der Waals surface area contributed by atoms with Crippen molar-refractivity contribution in [2.24, 2.45) is 7.05 Å². The maximum absolute atomic E-state index is 12.9. The number of benzene rings is 2. The summed E-state index contributed by atoms with van der Waals surface area (Å²) in [5, 5.41) is 10.9. The van der Waals surface area contributed by atoms with Gasteiger partial charge in [-0.1, -0.05) is 6.07 Å². The number of carbonyl (C=O) groups is 1. The van der Waals surface area contributed by atoms with Crippen LogP contribution in [0.1, 0.15) is 21.5 Å². The molecule has 2 N–H and O–H groups in total. The first-order valence-corrected chi connectivity index (χ1v) is 11.2.